The van der Waals surface area contributed by atoms with Gasteiger partial charge in [-0.25, -0.2) is 0 Å². The molecule has 0 spiro atoms. The number of anilines is 1. The molecule has 0 aliphatic carbocycles. The molecule has 0 amide bonds. The van der Waals surface area contributed by atoms with Crippen LogP contribution in [0.4, 0.5) is 5.13 Å². The van der Waals surface area contributed by atoms with Crippen molar-refractivity contribution >= 4 is 59.4 Å². The molecule has 3 nitrogen and oxygen atoms in total. The van der Waals surface area contributed by atoms with Gasteiger partial charge >= 0.3 is 164 Å². The number of nitrogens with zero attached hydrogens (tertiary/aromatic N) is 2. The van der Waals surface area contributed by atoms with Crippen LogP contribution in [0.25, 0.3) is 0 Å². The molecule has 2 rings (SSSR count). The average Bonchev–Trinajstić information content (AvgIpc) is 3.01. The molecule has 0 aliphatic heterocycles. The third-order valence-electron chi connectivity index (χ3n) is 3.26. The summed E-state index contributed by atoms with van der Waals surface area (Å²) in [6.45, 7) is 2.26. The number of aromatic nitrogens is 2. The number of rotatable bonds is 10. The first kappa shape index (κ1) is 19.9. The van der Waals surface area contributed by atoms with Crippen LogP contribution >= 0.6 is 34.9 Å². The van der Waals surface area contributed by atoms with E-state index < -0.39 is 0 Å². The first-order valence-corrected chi connectivity index (χ1v) is 12.6. The minimum absolute atomic E-state index is 0.356. The van der Waals surface area contributed by atoms with E-state index in [0.29, 0.717) is 20.1 Å². The van der Waals surface area contributed by atoms with Crippen molar-refractivity contribution in [2.24, 2.45) is 0 Å². The Kier molecular flexibility index (Phi) is 9.28. The van der Waals surface area contributed by atoms with Gasteiger partial charge in [-0.2, -0.15) is 0 Å². The average molecular weight is 445 g/mol. The molecule has 0 atom stereocenters. The molecule has 0 fully saturated rings. The van der Waals surface area contributed by atoms with Crippen LogP contribution in [0.2, 0.25) is 0 Å². The van der Waals surface area contributed by atoms with Crippen LogP contribution in [0.1, 0.15) is 39.0 Å². The van der Waals surface area contributed by atoms with Gasteiger partial charge in [0.2, 0.25) is 0 Å². The van der Waals surface area contributed by atoms with E-state index in [9.17, 15) is 0 Å². The molecular formula is C17H23N3S3Se. The van der Waals surface area contributed by atoms with Gasteiger partial charge in [0, 0.05) is 0 Å². The Hall–Kier alpha value is -0.461. The molecule has 2 aromatic rings. The number of nitrogen functional groups attached to an aromatic ring is 1. The third kappa shape index (κ3) is 6.81. The van der Waals surface area contributed by atoms with Gasteiger partial charge in [0.25, 0.3) is 0 Å². The van der Waals surface area contributed by atoms with Crippen molar-refractivity contribution in [2.75, 3.05) is 12.0 Å². The number of benzene rings is 1. The van der Waals surface area contributed by atoms with Crippen LogP contribution in [-0.2, 0) is 0 Å². The Morgan fingerprint density at radius 3 is 2.58 bits per heavy atom. The van der Waals surface area contributed by atoms with Gasteiger partial charge in [-0.3, -0.25) is 0 Å². The molecule has 0 saturated carbocycles. The summed E-state index contributed by atoms with van der Waals surface area (Å²) in [5.74, 6) is 0. The molecule has 0 saturated heterocycles. The van der Waals surface area contributed by atoms with E-state index in [4.69, 9.17) is 5.73 Å². The summed E-state index contributed by atoms with van der Waals surface area (Å²) >= 11 is 5.37. The number of unbranched alkanes of at least 4 members (excludes halogenated alkanes) is 3. The van der Waals surface area contributed by atoms with Gasteiger partial charge in [-0.05, 0) is 0 Å². The van der Waals surface area contributed by atoms with Gasteiger partial charge in [-0.15, -0.1) is 0 Å². The fourth-order valence-corrected chi connectivity index (χ4v) is 7.74. The number of hydrogen-bond donors (Lipinski definition) is 1. The summed E-state index contributed by atoms with van der Waals surface area (Å²) < 4.78 is 5.30. The number of thioether (sulfide) groups is 2. The van der Waals surface area contributed by atoms with E-state index in [1.54, 1.807) is 16.2 Å². The van der Waals surface area contributed by atoms with E-state index in [1.807, 2.05) is 11.8 Å². The predicted molar refractivity (Wildman–Crippen MR) is 111 cm³/mol. The Morgan fingerprint density at radius 1 is 1.17 bits per heavy atom. The number of hydrogen-bond acceptors (Lipinski definition) is 6. The molecule has 1 heterocycles. The van der Waals surface area contributed by atoms with Crippen molar-refractivity contribution < 1.29 is 0 Å². The summed E-state index contributed by atoms with van der Waals surface area (Å²) in [4.78, 5) is 0. The van der Waals surface area contributed by atoms with Gasteiger partial charge in [0.15, 0.2) is 0 Å². The van der Waals surface area contributed by atoms with Crippen LogP contribution in [0.5, 0.6) is 0 Å². The first-order chi connectivity index (χ1) is 11.7. The van der Waals surface area contributed by atoms with Crippen molar-refractivity contribution in [1.29, 1.82) is 0 Å². The fourth-order valence-electron chi connectivity index (χ4n) is 2.09. The second kappa shape index (κ2) is 11.2. The monoisotopic (exact) mass is 445 g/mol. The van der Waals surface area contributed by atoms with Crippen molar-refractivity contribution in [3.63, 3.8) is 0 Å². The Bertz CT molecular complexity index is 644. The summed E-state index contributed by atoms with van der Waals surface area (Å²) in [6, 6.07) is 10.8. The van der Waals surface area contributed by atoms with Gasteiger partial charge in [-0.1, -0.05) is 0 Å². The molecule has 1 aromatic heterocycles. The van der Waals surface area contributed by atoms with Gasteiger partial charge in [0.1, 0.15) is 0 Å². The normalized spacial score (nSPS) is 12.2. The van der Waals surface area contributed by atoms with E-state index in [2.05, 4.69) is 53.7 Å². The number of allylic oxidation sites excluding steroid dienone is 1. The molecule has 24 heavy (non-hydrogen) atoms. The van der Waals surface area contributed by atoms with Gasteiger partial charge in [0.05, 0.1) is 0 Å². The molecule has 7 heteroatoms. The molecular weight excluding hydrogens is 421 g/mol. The first-order valence-electron chi connectivity index (χ1n) is 7.99. The molecule has 1 aromatic carbocycles. The van der Waals surface area contributed by atoms with Crippen molar-refractivity contribution in [2.45, 2.75) is 43.4 Å². The predicted octanol–water partition coefficient (Wildman–Crippen LogP) is 4.74. The molecule has 0 bridgehead atoms. The van der Waals surface area contributed by atoms with E-state index in [1.165, 1.54) is 52.1 Å². The second-order valence-corrected chi connectivity index (χ2v) is 10.9. The van der Waals surface area contributed by atoms with Crippen LogP contribution in [0.15, 0.2) is 43.4 Å². The van der Waals surface area contributed by atoms with Crippen LogP contribution in [0, 0.1) is 0 Å². The molecule has 130 valence electrons. The third-order valence-corrected chi connectivity index (χ3v) is 9.38. The summed E-state index contributed by atoms with van der Waals surface area (Å²) in [6.07, 6.45) is 8.49. The zero-order valence-electron chi connectivity index (χ0n) is 14.0. The minimum atomic E-state index is 0.356. The maximum absolute atomic E-state index is 5.72. The quantitative estimate of drug-likeness (QED) is 0.326. The summed E-state index contributed by atoms with van der Waals surface area (Å²) in [7, 11) is 0. The molecule has 0 unspecified atom stereocenters. The van der Waals surface area contributed by atoms with Crippen molar-refractivity contribution in [3.05, 3.63) is 39.0 Å². The zero-order chi connectivity index (χ0) is 17.2. The van der Waals surface area contributed by atoms with E-state index >= 15 is 0 Å². The molecule has 0 aliphatic rings. The Labute approximate surface area is 163 Å². The molecule has 0 radical (unpaired) electrons. The van der Waals surface area contributed by atoms with Crippen LogP contribution < -0.4 is 10.2 Å². The van der Waals surface area contributed by atoms with Gasteiger partial charge < -0.3 is 0 Å². The Morgan fingerprint density at radius 2 is 1.96 bits per heavy atom. The van der Waals surface area contributed by atoms with E-state index in [-0.39, 0.29) is 0 Å². The Balaban J connectivity index is 2.15. The fraction of sp³-hybridized carbons (Fsp3) is 0.412. The standard InChI is InChI=1S/C17H23N3S3Se/c1-3-4-5-9-12-14(24-13-10-7-6-8-11-13)15(21-2)22-17-20-19-16(18)23-17/h6-8,10-11H,3-5,9,12H2,1-2H3,(H2,18,19)/b15-14+. The van der Waals surface area contributed by atoms with E-state index in [0.717, 1.165) is 4.34 Å². The maximum atomic E-state index is 5.72. The SMILES string of the molecule is CCCCCC/C([Se]c1ccccc1)=C(/SC)Sc1nnc(N)s1. The summed E-state index contributed by atoms with van der Waals surface area (Å²) in [5, 5.41) is 8.64. The zero-order valence-corrected chi connectivity index (χ0v) is 18.2. The number of nitrogens with two attached hydrogens (primary N) is 1. The topological polar surface area (TPSA) is 51.8 Å². The van der Waals surface area contributed by atoms with Crippen LogP contribution in [-0.4, -0.2) is 31.4 Å². The second-order valence-electron chi connectivity index (χ2n) is 5.15. The van der Waals surface area contributed by atoms with Crippen molar-refractivity contribution in [3.8, 4) is 0 Å². The molecule has 2 N–H and O–H groups in total. The van der Waals surface area contributed by atoms with Crippen molar-refractivity contribution in [1.82, 2.24) is 10.2 Å². The van der Waals surface area contributed by atoms with Crippen LogP contribution in [0.3, 0.4) is 0 Å². The summed E-state index contributed by atoms with van der Waals surface area (Å²) in [5.41, 5.74) is 5.72.